The molecule has 0 spiro atoms. The maximum absolute atomic E-state index is 4.22. The second-order valence-corrected chi connectivity index (χ2v) is 6.76. The summed E-state index contributed by atoms with van der Waals surface area (Å²) >= 11 is 5.38. The largest absolute Gasteiger partial charge is 0.316 e. The second-order valence-electron chi connectivity index (χ2n) is 4.78. The molecule has 0 aliphatic heterocycles. The molecular formula is C16H19BrN2S. The van der Waals surface area contributed by atoms with Gasteiger partial charge in [-0.25, -0.2) is 0 Å². The summed E-state index contributed by atoms with van der Waals surface area (Å²) < 4.78 is 1.04. The van der Waals surface area contributed by atoms with Gasteiger partial charge in [0, 0.05) is 33.6 Å². The van der Waals surface area contributed by atoms with Crippen molar-refractivity contribution in [3.05, 3.63) is 58.3 Å². The van der Waals surface area contributed by atoms with Gasteiger partial charge in [-0.05, 0) is 59.6 Å². The highest BCUT2D eigenvalue weighted by molar-refractivity contribution is 9.10. The Balaban J connectivity index is 1.94. The van der Waals surface area contributed by atoms with Crippen molar-refractivity contribution in [2.45, 2.75) is 24.3 Å². The van der Waals surface area contributed by atoms with Crippen molar-refractivity contribution >= 4 is 27.7 Å². The van der Waals surface area contributed by atoms with Gasteiger partial charge in [-0.3, -0.25) is 4.98 Å². The van der Waals surface area contributed by atoms with Crippen LogP contribution in [0.25, 0.3) is 0 Å². The molecule has 2 nitrogen and oxygen atoms in total. The molecule has 4 heteroatoms. The van der Waals surface area contributed by atoms with Crippen LogP contribution in [-0.2, 0) is 6.42 Å². The van der Waals surface area contributed by atoms with Crippen LogP contribution in [-0.4, -0.2) is 23.8 Å². The van der Waals surface area contributed by atoms with Gasteiger partial charge in [0.25, 0.3) is 0 Å². The maximum Gasteiger partial charge on any atom is 0.0410 e. The van der Waals surface area contributed by atoms with Crippen LogP contribution < -0.4 is 5.32 Å². The first-order valence-electron chi connectivity index (χ1n) is 6.64. The van der Waals surface area contributed by atoms with Crippen molar-refractivity contribution in [3.63, 3.8) is 0 Å². The average Bonchev–Trinajstić information content (AvgIpc) is 2.45. The van der Waals surface area contributed by atoms with Crippen LogP contribution in [0.2, 0.25) is 0 Å². The van der Waals surface area contributed by atoms with Gasteiger partial charge < -0.3 is 5.32 Å². The first kappa shape index (κ1) is 15.5. The lowest BCUT2D eigenvalue weighted by molar-refractivity contribution is 0.616. The fraction of sp³-hybridized carbons (Fsp3) is 0.312. The van der Waals surface area contributed by atoms with E-state index in [9.17, 15) is 0 Å². The van der Waals surface area contributed by atoms with Gasteiger partial charge in [0.05, 0.1) is 0 Å². The third kappa shape index (κ3) is 4.62. The molecular weight excluding hydrogens is 332 g/mol. The molecule has 0 bridgehead atoms. The van der Waals surface area contributed by atoms with Crippen LogP contribution in [0.4, 0.5) is 0 Å². The molecule has 1 atom stereocenters. The molecule has 20 heavy (non-hydrogen) atoms. The zero-order valence-electron chi connectivity index (χ0n) is 11.8. The number of aromatic nitrogens is 1. The van der Waals surface area contributed by atoms with E-state index in [-0.39, 0.29) is 0 Å². The smallest absolute Gasteiger partial charge is 0.0410 e. The molecule has 0 fully saturated rings. The standard InChI is InChI=1S/C16H19BrN2S/c1-12-5-3-4-6-16(12)20-11-15(18-2)8-13-7-14(17)10-19-9-13/h3-7,9-10,15,18H,8,11H2,1-2H3. The molecule has 1 aromatic heterocycles. The van der Waals surface area contributed by atoms with Gasteiger partial charge in [-0.15, -0.1) is 11.8 Å². The first-order chi connectivity index (χ1) is 9.69. The summed E-state index contributed by atoms with van der Waals surface area (Å²) in [5, 5.41) is 3.40. The number of nitrogens with zero attached hydrogens (tertiary/aromatic N) is 1. The number of thioether (sulfide) groups is 1. The normalized spacial score (nSPS) is 12.3. The van der Waals surface area contributed by atoms with Crippen LogP contribution in [0.1, 0.15) is 11.1 Å². The Morgan fingerprint density at radius 1 is 1.30 bits per heavy atom. The third-order valence-corrected chi connectivity index (χ3v) is 4.96. The molecule has 1 aromatic carbocycles. The average molecular weight is 351 g/mol. The van der Waals surface area contributed by atoms with Crippen molar-refractivity contribution in [2.75, 3.05) is 12.8 Å². The van der Waals surface area contributed by atoms with Gasteiger partial charge in [-0.2, -0.15) is 0 Å². The minimum absolute atomic E-state index is 0.440. The number of pyridine rings is 1. The SMILES string of the molecule is CNC(CSc1ccccc1C)Cc1cncc(Br)c1. The van der Waals surface area contributed by atoms with Crippen molar-refractivity contribution in [1.29, 1.82) is 0 Å². The predicted molar refractivity (Wildman–Crippen MR) is 90.4 cm³/mol. The number of nitrogens with one attached hydrogen (secondary N) is 1. The van der Waals surface area contributed by atoms with E-state index in [0.717, 1.165) is 16.6 Å². The molecule has 2 aromatic rings. The van der Waals surface area contributed by atoms with Crippen molar-refractivity contribution in [1.82, 2.24) is 10.3 Å². The Morgan fingerprint density at radius 2 is 2.10 bits per heavy atom. The zero-order chi connectivity index (χ0) is 14.4. The maximum atomic E-state index is 4.22. The summed E-state index contributed by atoms with van der Waals surface area (Å²) in [6.45, 7) is 2.16. The minimum atomic E-state index is 0.440. The Bertz CT molecular complexity index is 560. The van der Waals surface area contributed by atoms with Crippen LogP contribution in [0.15, 0.2) is 52.1 Å². The van der Waals surface area contributed by atoms with E-state index in [1.807, 2.05) is 31.2 Å². The molecule has 0 amide bonds. The molecule has 1 heterocycles. The van der Waals surface area contributed by atoms with E-state index in [1.165, 1.54) is 16.0 Å². The van der Waals surface area contributed by atoms with E-state index in [2.05, 4.69) is 63.5 Å². The summed E-state index contributed by atoms with van der Waals surface area (Å²) in [6.07, 6.45) is 4.75. The second kappa shape index (κ2) is 7.81. The van der Waals surface area contributed by atoms with Crippen LogP contribution in [0.5, 0.6) is 0 Å². The van der Waals surface area contributed by atoms with Crippen molar-refractivity contribution < 1.29 is 0 Å². The van der Waals surface area contributed by atoms with E-state index in [1.54, 1.807) is 0 Å². The van der Waals surface area contributed by atoms with E-state index >= 15 is 0 Å². The topological polar surface area (TPSA) is 24.9 Å². The number of aryl methyl sites for hydroxylation is 1. The van der Waals surface area contributed by atoms with Crippen molar-refractivity contribution in [3.8, 4) is 0 Å². The summed E-state index contributed by atoms with van der Waals surface area (Å²) in [4.78, 5) is 5.58. The number of rotatable bonds is 6. The number of hydrogen-bond donors (Lipinski definition) is 1. The quantitative estimate of drug-likeness (QED) is 0.794. The van der Waals surface area contributed by atoms with Crippen LogP contribution >= 0.6 is 27.7 Å². The Kier molecular flexibility index (Phi) is 6.07. The number of benzene rings is 1. The monoisotopic (exact) mass is 350 g/mol. The number of likely N-dealkylation sites (N-methyl/N-ethyl adjacent to an activating group) is 1. The fourth-order valence-electron chi connectivity index (χ4n) is 2.01. The zero-order valence-corrected chi connectivity index (χ0v) is 14.2. The molecule has 1 N–H and O–H groups in total. The Hall–Kier alpha value is -0.840. The summed E-state index contributed by atoms with van der Waals surface area (Å²) in [5.74, 6) is 1.05. The molecule has 1 unspecified atom stereocenters. The highest BCUT2D eigenvalue weighted by Gasteiger charge is 2.09. The molecule has 106 valence electrons. The van der Waals surface area contributed by atoms with Gasteiger partial charge in [0.1, 0.15) is 0 Å². The summed E-state index contributed by atoms with van der Waals surface area (Å²) in [6, 6.07) is 11.1. The highest BCUT2D eigenvalue weighted by Crippen LogP contribution is 2.23. The van der Waals surface area contributed by atoms with Crippen molar-refractivity contribution in [2.24, 2.45) is 0 Å². The number of halogens is 1. The van der Waals surface area contributed by atoms with E-state index in [0.29, 0.717) is 6.04 Å². The lowest BCUT2D eigenvalue weighted by atomic mass is 10.1. The third-order valence-electron chi connectivity index (χ3n) is 3.19. The lowest BCUT2D eigenvalue weighted by Crippen LogP contribution is -2.30. The Morgan fingerprint density at radius 3 is 2.80 bits per heavy atom. The number of hydrogen-bond acceptors (Lipinski definition) is 3. The molecule has 2 rings (SSSR count). The summed E-state index contributed by atoms with van der Waals surface area (Å²) in [5.41, 5.74) is 2.60. The highest BCUT2D eigenvalue weighted by atomic mass is 79.9. The molecule has 0 saturated carbocycles. The first-order valence-corrected chi connectivity index (χ1v) is 8.42. The molecule has 0 saturated heterocycles. The van der Waals surface area contributed by atoms with Crippen LogP contribution in [0.3, 0.4) is 0 Å². The van der Waals surface area contributed by atoms with E-state index < -0.39 is 0 Å². The van der Waals surface area contributed by atoms with Gasteiger partial charge in [-0.1, -0.05) is 18.2 Å². The van der Waals surface area contributed by atoms with Gasteiger partial charge >= 0.3 is 0 Å². The fourth-order valence-corrected chi connectivity index (χ4v) is 3.55. The van der Waals surface area contributed by atoms with E-state index in [4.69, 9.17) is 0 Å². The van der Waals surface area contributed by atoms with Gasteiger partial charge in [0.15, 0.2) is 0 Å². The molecule has 0 radical (unpaired) electrons. The predicted octanol–water partition coefficient (Wildman–Crippen LogP) is 4.08. The Labute approximate surface area is 133 Å². The van der Waals surface area contributed by atoms with Gasteiger partial charge in [0.2, 0.25) is 0 Å². The van der Waals surface area contributed by atoms with Crippen LogP contribution in [0, 0.1) is 6.92 Å². The molecule has 0 aliphatic rings. The lowest BCUT2D eigenvalue weighted by Gasteiger charge is -2.16. The summed E-state index contributed by atoms with van der Waals surface area (Å²) in [7, 11) is 2.02. The molecule has 0 aliphatic carbocycles. The minimum Gasteiger partial charge on any atom is -0.316 e.